The highest BCUT2D eigenvalue weighted by atomic mass is 32.1. The minimum absolute atomic E-state index is 0.107. The zero-order valence-corrected chi connectivity index (χ0v) is 21.8. The summed E-state index contributed by atoms with van der Waals surface area (Å²) >= 11 is 1.23. The van der Waals surface area contributed by atoms with Crippen LogP contribution in [0, 0.1) is 12.3 Å². The van der Waals surface area contributed by atoms with Gasteiger partial charge in [-0.3, -0.25) is 9.36 Å². The molecule has 0 amide bonds. The number of thiazole rings is 1. The zero-order valence-electron chi connectivity index (χ0n) is 21.0. The van der Waals surface area contributed by atoms with Crippen LogP contribution in [0.15, 0.2) is 57.5 Å². The number of rotatable bonds is 7. The Morgan fingerprint density at radius 3 is 2.82 bits per heavy atom. The van der Waals surface area contributed by atoms with Crippen molar-refractivity contribution in [2.45, 2.75) is 19.9 Å². The number of benzene rings is 2. The fourth-order valence-corrected chi connectivity index (χ4v) is 5.40. The molecule has 5 rings (SSSR count). The van der Waals surface area contributed by atoms with Gasteiger partial charge in [0.15, 0.2) is 27.8 Å². The quantitative estimate of drug-likeness (QED) is 0.341. The van der Waals surface area contributed by atoms with Crippen LogP contribution in [-0.2, 0) is 9.53 Å². The number of methoxy groups -OCH3 is 1. The van der Waals surface area contributed by atoms with Gasteiger partial charge in [-0.05, 0) is 55.3 Å². The van der Waals surface area contributed by atoms with Gasteiger partial charge in [0, 0.05) is 0 Å². The van der Waals surface area contributed by atoms with Crippen molar-refractivity contribution in [3.8, 4) is 35.3 Å². The fraction of sp³-hybridized carbons (Fsp3) is 0.250. The Balaban J connectivity index is 1.65. The number of terminal acetylenes is 1. The smallest absolute Gasteiger partial charge is 0.338 e. The molecule has 0 bridgehead atoms. The molecule has 38 heavy (non-hydrogen) atoms. The van der Waals surface area contributed by atoms with Gasteiger partial charge in [0.25, 0.3) is 5.56 Å². The number of carbonyl (C=O) groups excluding carboxylic acids is 1. The topological polar surface area (TPSA) is 97.6 Å². The highest BCUT2D eigenvalue weighted by Gasteiger charge is 2.34. The van der Waals surface area contributed by atoms with Gasteiger partial charge in [-0.1, -0.05) is 29.4 Å². The van der Waals surface area contributed by atoms with Gasteiger partial charge in [-0.2, -0.15) is 0 Å². The van der Waals surface area contributed by atoms with Crippen LogP contribution in [0.4, 0.5) is 0 Å². The molecule has 3 heterocycles. The number of fused-ring (bicyclic) bond motifs is 2. The SMILES string of the molecule is C#CCOc1ccc(/C=c2\sc3n(c2=O)[C@H](c2ccc4c(c2)OCO4)C(C(=O)OCC)=C(C)N=3)cc1OC. The number of hydrogen-bond donors (Lipinski definition) is 0. The summed E-state index contributed by atoms with van der Waals surface area (Å²) < 4.78 is 29.2. The lowest BCUT2D eigenvalue weighted by Gasteiger charge is -2.24. The van der Waals surface area contributed by atoms with Crippen LogP contribution in [0.25, 0.3) is 6.08 Å². The molecule has 2 aromatic carbocycles. The second-order valence-electron chi connectivity index (χ2n) is 8.32. The van der Waals surface area contributed by atoms with Crippen molar-refractivity contribution < 1.29 is 28.5 Å². The Morgan fingerprint density at radius 2 is 2.05 bits per heavy atom. The predicted octanol–water partition coefficient (Wildman–Crippen LogP) is 2.55. The third kappa shape index (κ3) is 4.53. The number of aromatic nitrogens is 1. The molecule has 1 aromatic heterocycles. The third-order valence-corrected chi connectivity index (χ3v) is 7.01. The van der Waals surface area contributed by atoms with Crippen molar-refractivity contribution >= 4 is 23.4 Å². The highest BCUT2D eigenvalue weighted by Crippen LogP contribution is 2.38. The first-order valence-corrected chi connectivity index (χ1v) is 12.6. The van der Waals surface area contributed by atoms with E-state index >= 15 is 0 Å². The molecule has 0 aliphatic carbocycles. The largest absolute Gasteiger partial charge is 0.493 e. The lowest BCUT2D eigenvalue weighted by Crippen LogP contribution is -2.39. The zero-order chi connectivity index (χ0) is 26.8. The first-order chi connectivity index (χ1) is 18.4. The highest BCUT2D eigenvalue weighted by molar-refractivity contribution is 7.07. The van der Waals surface area contributed by atoms with Gasteiger partial charge < -0.3 is 23.7 Å². The second kappa shape index (κ2) is 10.5. The fourth-order valence-electron chi connectivity index (χ4n) is 4.35. The second-order valence-corrected chi connectivity index (χ2v) is 9.33. The maximum atomic E-state index is 13.8. The predicted molar refractivity (Wildman–Crippen MR) is 140 cm³/mol. The summed E-state index contributed by atoms with van der Waals surface area (Å²) in [5.41, 5.74) is 1.88. The summed E-state index contributed by atoms with van der Waals surface area (Å²) in [5, 5.41) is 0. The number of esters is 1. The molecular formula is C28H24N2O7S. The summed E-state index contributed by atoms with van der Waals surface area (Å²) in [4.78, 5) is 31.9. The molecule has 10 heteroatoms. The van der Waals surface area contributed by atoms with Gasteiger partial charge in [-0.15, -0.1) is 6.42 Å². The molecule has 0 saturated carbocycles. The van der Waals surface area contributed by atoms with Crippen LogP contribution in [0.5, 0.6) is 23.0 Å². The first-order valence-electron chi connectivity index (χ1n) is 11.8. The number of ether oxygens (including phenoxy) is 5. The molecule has 0 radical (unpaired) electrons. The van der Waals surface area contributed by atoms with E-state index in [0.29, 0.717) is 49.2 Å². The van der Waals surface area contributed by atoms with Crippen LogP contribution in [0.3, 0.4) is 0 Å². The van der Waals surface area contributed by atoms with Crippen molar-refractivity contribution in [3.05, 3.63) is 78.5 Å². The van der Waals surface area contributed by atoms with Gasteiger partial charge in [0.05, 0.1) is 35.6 Å². The molecular weight excluding hydrogens is 508 g/mol. The monoisotopic (exact) mass is 532 g/mol. The number of nitrogens with zero attached hydrogens (tertiary/aromatic N) is 2. The summed E-state index contributed by atoms with van der Waals surface area (Å²) in [6.07, 6.45) is 7.03. The molecule has 0 saturated heterocycles. The molecule has 1 atom stereocenters. The van der Waals surface area contributed by atoms with Gasteiger partial charge in [-0.25, -0.2) is 9.79 Å². The van der Waals surface area contributed by atoms with E-state index in [2.05, 4.69) is 10.9 Å². The van der Waals surface area contributed by atoms with Gasteiger partial charge in [0.2, 0.25) is 6.79 Å². The van der Waals surface area contributed by atoms with E-state index in [0.717, 1.165) is 5.56 Å². The molecule has 2 aliphatic rings. The summed E-state index contributed by atoms with van der Waals surface area (Å²) in [5.74, 6) is 4.02. The Kier molecular flexibility index (Phi) is 6.94. The van der Waals surface area contributed by atoms with E-state index in [9.17, 15) is 9.59 Å². The van der Waals surface area contributed by atoms with Gasteiger partial charge in [0.1, 0.15) is 6.61 Å². The Hall–Kier alpha value is -4.49. The number of hydrogen-bond acceptors (Lipinski definition) is 9. The maximum absolute atomic E-state index is 13.8. The Bertz CT molecular complexity index is 1680. The van der Waals surface area contributed by atoms with Crippen LogP contribution in [0.1, 0.15) is 31.0 Å². The maximum Gasteiger partial charge on any atom is 0.338 e. The molecule has 9 nitrogen and oxygen atoms in total. The third-order valence-electron chi connectivity index (χ3n) is 6.03. The lowest BCUT2D eigenvalue weighted by atomic mass is 9.95. The van der Waals surface area contributed by atoms with E-state index in [4.69, 9.17) is 30.1 Å². The van der Waals surface area contributed by atoms with E-state index in [-0.39, 0.29) is 25.6 Å². The number of allylic oxidation sites excluding steroid dienone is 1. The molecule has 0 unspecified atom stereocenters. The summed E-state index contributed by atoms with van der Waals surface area (Å²) in [7, 11) is 1.53. The van der Waals surface area contributed by atoms with Crippen molar-refractivity contribution in [2.75, 3.05) is 27.1 Å². The van der Waals surface area contributed by atoms with E-state index in [1.807, 2.05) is 6.07 Å². The molecule has 0 spiro atoms. The molecule has 0 fully saturated rings. The average Bonchev–Trinajstić information content (AvgIpc) is 3.50. The molecule has 3 aromatic rings. The average molecular weight is 533 g/mol. The lowest BCUT2D eigenvalue weighted by molar-refractivity contribution is -0.139. The van der Waals surface area contributed by atoms with Crippen molar-refractivity contribution in [1.82, 2.24) is 4.57 Å². The first kappa shape index (κ1) is 25.2. The summed E-state index contributed by atoms with van der Waals surface area (Å²) in [6.45, 7) is 3.88. The van der Waals surface area contributed by atoms with Crippen LogP contribution >= 0.6 is 11.3 Å². The minimum Gasteiger partial charge on any atom is -0.493 e. The van der Waals surface area contributed by atoms with Crippen molar-refractivity contribution in [2.24, 2.45) is 4.99 Å². The standard InChI is InChI=1S/C28H24N2O7S/c1-5-11-35-19-9-7-17(12-21(19)33-4)13-23-26(31)30-25(18-8-10-20-22(14-18)37-15-36-20)24(27(32)34-6-2)16(3)29-28(30)38-23/h1,7-10,12-14,25H,6,11,15H2,2-4H3/b23-13-/t25-/m1/s1. The van der Waals surface area contributed by atoms with Crippen molar-refractivity contribution in [1.29, 1.82) is 0 Å². The van der Waals surface area contributed by atoms with E-state index in [1.54, 1.807) is 50.3 Å². The van der Waals surface area contributed by atoms with Crippen LogP contribution in [-0.4, -0.2) is 37.7 Å². The summed E-state index contributed by atoms with van der Waals surface area (Å²) in [6, 6.07) is 9.90. The minimum atomic E-state index is -0.754. The molecule has 2 aliphatic heterocycles. The van der Waals surface area contributed by atoms with E-state index in [1.165, 1.54) is 23.0 Å². The Morgan fingerprint density at radius 1 is 1.24 bits per heavy atom. The van der Waals surface area contributed by atoms with E-state index < -0.39 is 12.0 Å². The van der Waals surface area contributed by atoms with Gasteiger partial charge >= 0.3 is 5.97 Å². The molecule has 194 valence electrons. The number of carbonyl (C=O) groups is 1. The Labute approximate surface area is 222 Å². The van der Waals surface area contributed by atoms with Crippen LogP contribution in [0.2, 0.25) is 0 Å². The van der Waals surface area contributed by atoms with Crippen molar-refractivity contribution in [3.63, 3.8) is 0 Å². The van der Waals surface area contributed by atoms with Crippen LogP contribution < -0.4 is 33.8 Å². The normalized spacial score (nSPS) is 15.9. The molecule has 0 N–H and O–H groups in total.